The van der Waals surface area contributed by atoms with Crippen molar-refractivity contribution in [2.75, 3.05) is 0 Å². The maximum absolute atomic E-state index is 6.23. The molecule has 0 amide bonds. The van der Waals surface area contributed by atoms with Gasteiger partial charge in [0.05, 0.1) is 22.1 Å². The van der Waals surface area contributed by atoms with Crippen LogP contribution in [0.1, 0.15) is 0 Å². The highest BCUT2D eigenvalue weighted by Gasteiger charge is 2.23. The van der Waals surface area contributed by atoms with Crippen molar-refractivity contribution in [2.45, 2.75) is 0 Å². The summed E-state index contributed by atoms with van der Waals surface area (Å²) in [5.41, 5.74) is 10.4. The molecule has 58 heavy (non-hydrogen) atoms. The molecule has 0 aliphatic rings. The molecule has 0 saturated carbocycles. The highest BCUT2D eigenvalue weighted by atomic mass is 16.3. The molecule has 270 valence electrons. The van der Waals surface area contributed by atoms with E-state index in [1.165, 1.54) is 0 Å². The largest absolute Gasteiger partial charge is 0.456 e. The third-order valence-corrected chi connectivity index (χ3v) is 11.6. The molecule has 0 aliphatic carbocycles. The van der Waals surface area contributed by atoms with Crippen molar-refractivity contribution in [3.05, 3.63) is 176 Å². The van der Waals surface area contributed by atoms with Gasteiger partial charge in [-0.15, -0.1) is 0 Å². The van der Waals surface area contributed by atoms with Gasteiger partial charge in [-0.25, -0.2) is 4.98 Å². The quantitative estimate of drug-likeness (QED) is 0.179. The third kappa shape index (κ3) is 4.41. The zero-order valence-electron chi connectivity index (χ0n) is 30.8. The first-order valence-electron chi connectivity index (χ1n) is 19.4. The molecule has 0 spiro atoms. The van der Waals surface area contributed by atoms with Gasteiger partial charge >= 0.3 is 0 Å². The first-order valence-corrected chi connectivity index (χ1v) is 19.4. The Bertz CT molecular complexity index is 3680. The van der Waals surface area contributed by atoms with Crippen molar-refractivity contribution in [1.82, 2.24) is 24.1 Å². The van der Waals surface area contributed by atoms with E-state index in [0.717, 1.165) is 104 Å². The van der Waals surface area contributed by atoms with E-state index in [1.54, 1.807) is 0 Å². The highest BCUT2D eigenvalue weighted by molar-refractivity contribution is 6.26. The zero-order valence-corrected chi connectivity index (χ0v) is 30.8. The summed E-state index contributed by atoms with van der Waals surface area (Å²) in [6.07, 6.45) is 0. The number of fused-ring (bicyclic) bond motifs is 13. The van der Waals surface area contributed by atoms with E-state index in [1.807, 2.05) is 60.7 Å². The van der Waals surface area contributed by atoms with E-state index in [0.29, 0.717) is 17.6 Å². The van der Waals surface area contributed by atoms with Crippen LogP contribution < -0.4 is 0 Å². The molecular weight excluding hydrogens is 715 g/mol. The van der Waals surface area contributed by atoms with Crippen LogP contribution in [0.25, 0.3) is 122 Å². The fraction of sp³-hybridized carbons (Fsp3) is 0. The van der Waals surface area contributed by atoms with Gasteiger partial charge < -0.3 is 13.4 Å². The Morgan fingerprint density at radius 1 is 0.345 bits per heavy atom. The number of aromatic nitrogens is 5. The lowest BCUT2D eigenvalue weighted by Gasteiger charge is -2.12. The van der Waals surface area contributed by atoms with Gasteiger partial charge in [-0.3, -0.25) is 4.57 Å². The molecule has 0 N–H and O–H groups in total. The van der Waals surface area contributed by atoms with Crippen LogP contribution in [0.15, 0.2) is 185 Å². The van der Waals surface area contributed by atoms with Crippen LogP contribution >= 0.6 is 0 Å². The Hall–Kier alpha value is -8.03. The summed E-state index contributed by atoms with van der Waals surface area (Å²) in [5, 5.41) is 8.65. The van der Waals surface area contributed by atoms with E-state index in [4.69, 9.17) is 23.8 Å². The SMILES string of the molecule is c1ccc(-n2c3ccccc3c3c2ccc2c4ccccc4n(-c4nc(-c5ccc6oc7ccccc7c6c5)nc(-c5ccc6oc7ccccc7c6c5)n4)c23)cc1. The van der Waals surface area contributed by atoms with Crippen molar-refractivity contribution in [3.63, 3.8) is 0 Å². The standard InChI is InChI=1S/C51H29N5O2/c1-2-12-32(13-3-1)55-41-19-9-5-17-37(41)47-42(55)25-24-36-33-14-4-8-18-40(33)56(48(36)47)51-53-49(30-22-26-45-38(28-30)34-15-6-10-20-43(34)57-45)52-50(54-51)31-23-27-46-39(29-31)35-16-7-11-21-44(35)58-46/h1-29H. The fourth-order valence-corrected chi connectivity index (χ4v) is 9.02. The first kappa shape index (κ1) is 31.2. The maximum Gasteiger partial charge on any atom is 0.238 e. The Morgan fingerprint density at radius 3 is 1.50 bits per heavy atom. The normalized spacial score (nSPS) is 12.1. The minimum atomic E-state index is 0.532. The van der Waals surface area contributed by atoms with Crippen molar-refractivity contribution < 1.29 is 8.83 Å². The second-order valence-corrected chi connectivity index (χ2v) is 14.8. The molecule has 13 rings (SSSR count). The van der Waals surface area contributed by atoms with Gasteiger partial charge in [0, 0.05) is 59.9 Å². The summed E-state index contributed by atoms with van der Waals surface area (Å²) in [6.45, 7) is 0. The summed E-state index contributed by atoms with van der Waals surface area (Å²) in [4.78, 5) is 16.0. The molecule has 0 atom stereocenters. The summed E-state index contributed by atoms with van der Waals surface area (Å²) in [5.74, 6) is 1.66. The van der Waals surface area contributed by atoms with Crippen molar-refractivity contribution in [2.24, 2.45) is 0 Å². The molecule has 0 bridgehead atoms. The lowest BCUT2D eigenvalue weighted by Crippen LogP contribution is -2.06. The van der Waals surface area contributed by atoms with Crippen LogP contribution in [0.5, 0.6) is 0 Å². The first-order chi connectivity index (χ1) is 28.7. The van der Waals surface area contributed by atoms with Gasteiger partial charge in [0.1, 0.15) is 22.3 Å². The Kier molecular flexibility index (Phi) is 6.32. The average Bonchev–Trinajstić information content (AvgIpc) is 4.03. The molecule has 5 heterocycles. The Labute approximate surface area is 329 Å². The van der Waals surface area contributed by atoms with Crippen LogP contribution in [0.2, 0.25) is 0 Å². The summed E-state index contributed by atoms with van der Waals surface area (Å²) in [7, 11) is 0. The summed E-state index contributed by atoms with van der Waals surface area (Å²) in [6, 6.07) is 60.9. The average molecular weight is 744 g/mol. The highest BCUT2D eigenvalue weighted by Crippen LogP contribution is 2.42. The lowest BCUT2D eigenvalue weighted by molar-refractivity contribution is 0.668. The molecule has 0 fully saturated rings. The molecule has 7 heteroatoms. The molecule has 0 radical (unpaired) electrons. The van der Waals surface area contributed by atoms with E-state index in [9.17, 15) is 0 Å². The second kappa shape index (κ2) is 11.7. The van der Waals surface area contributed by atoms with E-state index < -0.39 is 0 Å². The van der Waals surface area contributed by atoms with Gasteiger partial charge in [0.2, 0.25) is 5.95 Å². The number of rotatable bonds is 4. The van der Waals surface area contributed by atoms with Gasteiger partial charge in [-0.05, 0) is 78.9 Å². The number of para-hydroxylation sites is 5. The lowest BCUT2D eigenvalue weighted by atomic mass is 10.1. The molecule has 0 saturated heterocycles. The molecule has 0 unspecified atom stereocenters. The van der Waals surface area contributed by atoms with Crippen LogP contribution in [0.4, 0.5) is 0 Å². The number of hydrogen-bond acceptors (Lipinski definition) is 5. The number of nitrogens with zero attached hydrogens (tertiary/aromatic N) is 5. The van der Waals surface area contributed by atoms with Crippen LogP contribution in [0.3, 0.4) is 0 Å². The molecule has 0 aliphatic heterocycles. The predicted molar refractivity (Wildman–Crippen MR) is 234 cm³/mol. The zero-order chi connectivity index (χ0) is 37.9. The van der Waals surface area contributed by atoms with Crippen LogP contribution in [-0.4, -0.2) is 24.1 Å². The molecule has 8 aromatic carbocycles. The Balaban J connectivity index is 1.15. The van der Waals surface area contributed by atoms with Gasteiger partial charge in [0.25, 0.3) is 0 Å². The van der Waals surface area contributed by atoms with Gasteiger partial charge in [-0.1, -0.05) is 97.1 Å². The molecule has 13 aromatic rings. The smallest absolute Gasteiger partial charge is 0.238 e. The van der Waals surface area contributed by atoms with Crippen LogP contribution in [-0.2, 0) is 0 Å². The van der Waals surface area contributed by atoms with E-state index in [2.05, 4.69) is 124 Å². The second-order valence-electron chi connectivity index (χ2n) is 14.8. The monoisotopic (exact) mass is 743 g/mol. The van der Waals surface area contributed by atoms with E-state index >= 15 is 0 Å². The predicted octanol–water partition coefficient (Wildman–Crippen LogP) is 13.2. The number of furan rings is 2. The number of benzene rings is 8. The minimum absolute atomic E-state index is 0.532. The summed E-state index contributed by atoms with van der Waals surface area (Å²) < 4.78 is 17.0. The fourth-order valence-electron chi connectivity index (χ4n) is 9.02. The minimum Gasteiger partial charge on any atom is -0.456 e. The van der Waals surface area contributed by atoms with Gasteiger partial charge in [0.15, 0.2) is 11.6 Å². The van der Waals surface area contributed by atoms with E-state index in [-0.39, 0.29) is 0 Å². The van der Waals surface area contributed by atoms with Crippen molar-refractivity contribution in [3.8, 4) is 34.4 Å². The molecule has 7 nitrogen and oxygen atoms in total. The van der Waals surface area contributed by atoms with Crippen molar-refractivity contribution in [1.29, 1.82) is 0 Å². The van der Waals surface area contributed by atoms with Crippen molar-refractivity contribution >= 4 is 87.5 Å². The Morgan fingerprint density at radius 2 is 0.862 bits per heavy atom. The summed E-state index contributed by atoms with van der Waals surface area (Å²) >= 11 is 0. The number of hydrogen-bond donors (Lipinski definition) is 0. The maximum atomic E-state index is 6.23. The molecular formula is C51H29N5O2. The van der Waals surface area contributed by atoms with Gasteiger partial charge in [-0.2, -0.15) is 9.97 Å². The van der Waals surface area contributed by atoms with Crippen LogP contribution in [0, 0.1) is 0 Å². The molecule has 5 aromatic heterocycles. The topological polar surface area (TPSA) is 74.8 Å². The third-order valence-electron chi connectivity index (χ3n) is 11.6.